The molecule has 2 heterocycles. The SMILES string of the molecule is CC(N=O)c1cccc(-c2ccc3oc(CCN4CCC[C@H]4C)cc3c2)c1. The van der Waals surface area contributed by atoms with Gasteiger partial charge in [-0.25, -0.2) is 0 Å². The fraction of sp³-hybridized carbons (Fsp3) is 0.391. The summed E-state index contributed by atoms with van der Waals surface area (Å²) in [7, 11) is 0. The van der Waals surface area contributed by atoms with E-state index in [4.69, 9.17) is 4.42 Å². The van der Waals surface area contributed by atoms with Gasteiger partial charge in [-0.3, -0.25) is 0 Å². The summed E-state index contributed by atoms with van der Waals surface area (Å²) < 4.78 is 6.05. The Kier molecular flexibility index (Phi) is 5.08. The minimum absolute atomic E-state index is 0.331. The first-order valence-corrected chi connectivity index (χ1v) is 9.83. The molecular formula is C23H26N2O2. The molecule has 0 saturated carbocycles. The number of fused-ring (bicyclic) bond motifs is 1. The monoisotopic (exact) mass is 362 g/mol. The second-order valence-corrected chi connectivity index (χ2v) is 7.65. The molecule has 3 aromatic rings. The van der Waals surface area contributed by atoms with Crippen LogP contribution in [0, 0.1) is 4.91 Å². The highest BCUT2D eigenvalue weighted by Crippen LogP contribution is 2.29. The predicted molar refractivity (Wildman–Crippen MR) is 110 cm³/mol. The number of benzene rings is 2. The first-order chi connectivity index (χ1) is 13.1. The third-order valence-corrected chi connectivity index (χ3v) is 5.76. The molecule has 0 spiro atoms. The first kappa shape index (κ1) is 17.9. The zero-order chi connectivity index (χ0) is 18.8. The first-order valence-electron chi connectivity index (χ1n) is 9.83. The van der Waals surface area contributed by atoms with Gasteiger partial charge in [0.1, 0.15) is 17.4 Å². The van der Waals surface area contributed by atoms with Crippen molar-refractivity contribution in [1.29, 1.82) is 0 Å². The lowest BCUT2D eigenvalue weighted by Crippen LogP contribution is -2.28. The third kappa shape index (κ3) is 3.81. The van der Waals surface area contributed by atoms with E-state index in [1.54, 1.807) is 0 Å². The number of likely N-dealkylation sites (tertiary alicyclic amines) is 1. The van der Waals surface area contributed by atoms with Crippen LogP contribution in [0.15, 0.2) is 58.1 Å². The molecule has 0 radical (unpaired) electrons. The number of rotatable bonds is 6. The molecule has 0 bridgehead atoms. The van der Waals surface area contributed by atoms with Gasteiger partial charge in [-0.1, -0.05) is 29.4 Å². The van der Waals surface area contributed by atoms with Crippen molar-refractivity contribution in [3.05, 3.63) is 64.8 Å². The van der Waals surface area contributed by atoms with Crippen LogP contribution in [0.25, 0.3) is 22.1 Å². The summed E-state index contributed by atoms with van der Waals surface area (Å²) in [6.45, 7) is 6.40. The maximum atomic E-state index is 10.8. The van der Waals surface area contributed by atoms with Crippen LogP contribution >= 0.6 is 0 Å². The van der Waals surface area contributed by atoms with Crippen LogP contribution in [-0.2, 0) is 6.42 Å². The minimum Gasteiger partial charge on any atom is -0.461 e. The smallest absolute Gasteiger partial charge is 0.134 e. The summed E-state index contributed by atoms with van der Waals surface area (Å²) in [5.41, 5.74) is 4.10. The third-order valence-electron chi connectivity index (χ3n) is 5.76. The maximum Gasteiger partial charge on any atom is 0.134 e. The normalized spacial score (nSPS) is 18.8. The highest BCUT2D eigenvalue weighted by atomic mass is 16.3. The molecule has 140 valence electrons. The Balaban J connectivity index is 1.55. The van der Waals surface area contributed by atoms with Gasteiger partial charge in [0.2, 0.25) is 0 Å². The van der Waals surface area contributed by atoms with Crippen LogP contribution < -0.4 is 0 Å². The standard InChI is InChI=1S/C23H26N2O2/c1-16-5-4-11-25(16)12-10-22-15-21-14-20(8-9-23(21)27-22)19-7-3-6-18(13-19)17(2)24-26/h3,6-9,13-17H,4-5,10-12H2,1-2H3/t16-,17?/m1/s1. The summed E-state index contributed by atoms with van der Waals surface area (Å²) >= 11 is 0. The summed E-state index contributed by atoms with van der Waals surface area (Å²) in [5.74, 6) is 1.05. The molecule has 0 amide bonds. The molecule has 1 aliphatic heterocycles. The number of furan rings is 1. The molecule has 2 atom stereocenters. The van der Waals surface area contributed by atoms with Crippen molar-refractivity contribution in [1.82, 2.24) is 4.90 Å². The molecule has 4 rings (SSSR count). The number of hydrogen-bond acceptors (Lipinski definition) is 4. The van der Waals surface area contributed by atoms with Crippen LogP contribution in [0.2, 0.25) is 0 Å². The van der Waals surface area contributed by atoms with Crippen LogP contribution in [-0.4, -0.2) is 24.0 Å². The van der Waals surface area contributed by atoms with E-state index in [0.717, 1.165) is 46.4 Å². The Hall–Kier alpha value is -2.46. The minimum atomic E-state index is -0.331. The van der Waals surface area contributed by atoms with Crippen molar-refractivity contribution in [2.24, 2.45) is 5.18 Å². The Bertz CT molecular complexity index is 946. The quantitative estimate of drug-likeness (QED) is 0.509. The van der Waals surface area contributed by atoms with Crippen LogP contribution in [0.5, 0.6) is 0 Å². The lowest BCUT2D eigenvalue weighted by atomic mass is 9.99. The van der Waals surface area contributed by atoms with E-state index in [1.165, 1.54) is 19.4 Å². The van der Waals surface area contributed by atoms with Gasteiger partial charge >= 0.3 is 0 Å². The zero-order valence-corrected chi connectivity index (χ0v) is 16.0. The summed E-state index contributed by atoms with van der Waals surface area (Å²) in [4.78, 5) is 13.4. The summed E-state index contributed by atoms with van der Waals surface area (Å²) in [5, 5.41) is 4.26. The average Bonchev–Trinajstić information content (AvgIpc) is 3.30. The van der Waals surface area contributed by atoms with Crippen molar-refractivity contribution >= 4 is 11.0 Å². The van der Waals surface area contributed by atoms with E-state index in [1.807, 2.05) is 31.2 Å². The molecule has 1 fully saturated rings. The van der Waals surface area contributed by atoms with E-state index >= 15 is 0 Å². The highest BCUT2D eigenvalue weighted by Gasteiger charge is 2.20. The Labute approximate surface area is 160 Å². The van der Waals surface area contributed by atoms with Gasteiger partial charge in [0.05, 0.1) is 0 Å². The molecule has 2 aromatic carbocycles. The van der Waals surface area contributed by atoms with E-state index in [-0.39, 0.29) is 6.04 Å². The van der Waals surface area contributed by atoms with Gasteiger partial charge in [-0.2, -0.15) is 4.91 Å². The molecular weight excluding hydrogens is 336 g/mol. The predicted octanol–water partition coefficient (Wildman–Crippen LogP) is 5.95. The van der Waals surface area contributed by atoms with Gasteiger partial charge in [0.25, 0.3) is 0 Å². The Morgan fingerprint density at radius 2 is 2.04 bits per heavy atom. The van der Waals surface area contributed by atoms with Crippen molar-refractivity contribution < 1.29 is 4.42 Å². The van der Waals surface area contributed by atoms with E-state index in [2.05, 4.69) is 41.3 Å². The molecule has 1 aromatic heterocycles. The van der Waals surface area contributed by atoms with Crippen LogP contribution in [0.4, 0.5) is 0 Å². The van der Waals surface area contributed by atoms with Crippen molar-refractivity contribution in [3.8, 4) is 11.1 Å². The number of nitrogens with zero attached hydrogens (tertiary/aromatic N) is 2. The fourth-order valence-corrected chi connectivity index (χ4v) is 4.02. The fourth-order valence-electron chi connectivity index (χ4n) is 4.02. The topological polar surface area (TPSA) is 45.8 Å². The highest BCUT2D eigenvalue weighted by molar-refractivity contribution is 5.84. The van der Waals surface area contributed by atoms with Crippen LogP contribution in [0.1, 0.15) is 44.1 Å². The van der Waals surface area contributed by atoms with Gasteiger partial charge < -0.3 is 9.32 Å². The molecule has 4 heteroatoms. The van der Waals surface area contributed by atoms with E-state index in [9.17, 15) is 4.91 Å². The molecule has 27 heavy (non-hydrogen) atoms. The zero-order valence-electron chi connectivity index (χ0n) is 16.0. The maximum absolute atomic E-state index is 10.8. The molecule has 1 unspecified atom stereocenters. The van der Waals surface area contributed by atoms with E-state index in [0.29, 0.717) is 6.04 Å². The average molecular weight is 362 g/mol. The molecule has 4 nitrogen and oxygen atoms in total. The van der Waals surface area contributed by atoms with Crippen molar-refractivity contribution in [3.63, 3.8) is 0 Å². The van der Waals surface area contributed by atoms with Crippen LogP contribution in [0.3, 0.4) is 0 Å². The molecule has 0 aliphatic carbocycles. The summed E-state index contributed by atoms with van der Waals surface area (Å²) in [6.07, 6.45) is 3.56. The summed E-state index contributed by atoms with van der Waals surface area (Å²) in [6, 6.07) is 16.9. The van der Waals surface area contributed by atoms with E-state index < -0.39 is 0 Å². The van der Waals surface area contributed by atoms with Gasteiger partial charge in [0.15, 0.2) is 0 Å². The van der Waals surface area contributed by atoms with Gasteiger partial charge in [-0.15, -0.1) is 0 Å². The lowest BCUT2D eigenvalue weighted by Gasteiger charge is -2.19. The molecule has 1 aliphatic rings. The second kappa shape index (κ2) is 7.65. The number of nitroso groups, excluding NO2 is 1. The van der Waals surface area contributed by atoms with Crippen molar-refractivity contribution in [2.75, 3.05) is 13.1 Å². The second-order valence-electron chi connectivity index (χ2n) is 7.65. The molecule has 0 N–H and O–H groups in total. The number of hydrogen-bond donors (Lipinski definition) is 0. The Morgan fingerprint density at radius 1 is 1.19 bits per heavy atom. The van der Waals surface area contributed by atoms with Crippen molar-refractivity contribution in [2.45, 2.75) is 45.2 Å². The Morgan fingerprint density at radius 3 is 2.81 bits per heavy atom. The molecule has 1 saturated heterocycles. The largest absolute Gasteiger partial charge is 0.461 e. The van der Waals surface area contributed by atoms with Gasteiger partial charge in [0, 0.05) is 24.4 Å². The van der Waals surface area contributed by atoms with Gasteiger partial charge in [-0.05, 0) is 74.2 Å². The lowest BCUT2D eigenvalue weighted by molar-refractivity contribution is 0.266.